The number of aryl methyl sites for hydroxylation is 1. The van der Waals surface area contributed by atoms with Crippen LogP contribution >= 0.6 is 11.6 Å². The number of hydrogen-bond donors (Lipinski definition) is 1. The maximum atomic E-state index is 9.14. The molecule has 0 spiro atoms. The molecule has 1 heterocycles. The van der Waals surface area contributed by atoms with Gasteiger partial charge in [-0.15, -0.1) is 0 Å². The summed E-state index contributed by atoms with van der Waals surface area (Å²) in [6.07, 6.45) is 0. The van der Waals surface area contributed by atoms with Crippen LogP contribution in [0.5, 0.6) is 0 Å². The monoisotopic (exact) mass is 294 g/mol. The van der Waals surface area contributed by atoms with Gasteiger partial charge in [-0.05, 0) is 45.2 Å². The second kappa shape index (κ2) is 6.39. The predicted octanol–water partition coefficient (Wildman–Crippen LogP) is 3.12. The molecule has 5 heteroatoms. The first-order chi connectivity index (χ1) is 9.51. The minimum atomic E-state index is 0.0705. The summed E-state index contributed by atoms with van der Waals surface area (Å²) in [6.45, 7) is 4.55. The quantitative estimate of drug-likeness (QED) is 0.920. The number of nitrogens with zero attached hydrogens (tertiary/aromatic N) is 2. The first-order valence-electron chi connectivity index (χ1n) is 6.54. The second-order valence-corrected chi connectivity index (χ2v) is 5.41. The van der Waals surface area contributed by atoms with Crippen LogP contribution in [0, 0.1) is 6.92 Å². The number of hydrogen-bond acceptors (Lipinski definition) is 4. The van der Waals surface area contributed by atoms with Gasteiger partial charge in [0.25, 0.3) is 0 Å². The maximum Gasteiger partial charge on any atom is 0.209 e. The third-order valence-electron chi connectivity index (χ3n) is 3.35. The zero-order valence-corrected chi connectivity index (χ0v) is 12.7. The van der Waals surface area contributed by atoms with E-state index in [0.29, 0.717) is 17.5 Å². The van der Waals surface area contributed by atoms with E-state index < -0.39 is 0 Å². The maximum absolute atomic E-state index is 9.14. The lowest BCUT2D eigenvalue weighted by Gasteiger charge is -2.20. The molecule has 1 atom stereocenters. The Morgan fingerprint density at radius 1 is 1.35 bits per heavy atom. The van der Waals surface area contributed by atoms with Crippen LogP contribution in [-0.2, 0) is 6.54 Å². The van der Waals surface area contributed by atoms with Gasteiger partial charge in [-0.25, -0.2) is 4.98 Å². The molecule has 20 heavy (non-hydrogen) atoms. The van der Waals surface area contributed by atoms with Crippen molar-refractivity contribution in [3.05, 3.63) is 40.9 Å². The molecule has 1 aromatic carbocycles. The zero-order valence-electron chi connectivity index (χ0n) is 11.9. The fourth-order valence-electron chi connectivity index (χ4n) is 1.90. The lowest BCUT2D eigenvalue weighted by Crippen LogP contribution is -2.31. The Kier molecular flexibility index (Phi) is 4.81. The normalized spacial score (nSPS) is 12.9. The van der Waals surface area contributed by atoms with Crippen molar-refractivity contribution in [3.63, 3.8) is 0 Å². The molecule has 1 N–H and O–H groups in total. The van der Waals surface area contributed by atoms with E-state index in [2.05, 4.69) is 4.98 Å². The number of aliphatic hydroxyl groups excluding tert-OH is 1. The Hall–Kier alpha value is -1.36. The van der Waals surface area contributed by atoms with Gasteiger partial charge >= 0.3 is 0 Å². The summed E-state index contributed by atoms with van der Waals surface area (Å²) < 4.78 is 5.83. The van der Waals surface area contributed by atoms with Gasteiger partial charge in [-0.1, -0.05) is 11.6 Å². The Balaban J connectivity index is 2.19. The summed E-state index contributed by atoms with van der Waals surface area (Å²) >= 11 is 5.89. The molecule has 0 amide bonds. The Bertz CT molecular complexity index is 566. The second-order valence-electron chi connectivity index (χ2n) is 4.98. The Labute approximate surface area is 124 Å². The number of rotatable bonds is 5. The van der Waals surface area contributed by atoms with E-state index >= 15 is 0 Å². The van der Waals surface area contributed by atoms with E-state index in [1.807, 2.05) is 50.1 Å². The van der Waals surface area contributed by atoms with Gasteiger partial charge in [0, 0.05) is 16.6 Å². The van der Waals surface area contributed by atoms with E-state index in [-0.39, 0.29) is 12.6 Å². The number of aliphatic hydroxyl groups is 1. The highest BCUT2D eigenvalue weighted by atomic mass is 35.5. The third kappa shape index (κ3) is 3.39. The summed E-state index contributed by atoms with van der Waals surface area (Å²) in [5, 5.41) is 9.84. The van der Waals surface area contributed by atoms with Crippen LogP contribution in [0.15, 0.2) is 28.7 Å². The van der Waals surface area contributed by atoms with Crippen molar-refractivity contribution in [1.82, 2.24) is 9.88 Å². The highest BCUT2D eigenvalue weighted by molar-refractivity contribution is 6.30. The molecule has 0 aliphatic rings. The lowest BCUT2D eigenvalue weighted by atomic mass is 10.1. The first kappa shape index (κ1) is 15.0. The molecule has 0 aliphatic heterocycles. The van der Waals surface area contributed by atoms with Crippen LogP contribution in [0.2, 0.25) is 5.02 Å². The van der Waals surface area contributed by atoms with Crippen molar-refractivity contribution in [2.45, 2.75) is 26.4 Å². The molecule has 0 saturated carbocycles. The van der Waals surface area contributed by atoms with Crippen molar-refractivity contribution >= 4 is 11.6 Å². The van der Waals surface area contributed by atoms with Crippen molar-refractivity contribution in [2.75, 3.05) is 13.7 Å². The molecule has 2 aromatic rings. The van der Waals surface area contributed by atoms with Gasteiger partial charge in [0.1, 0.15) is 0 Å². The van der Waals surface area contributed by atoms with Crippen LogP contribution in [0.25, 0.3) is 11.3 Å². The van der Waals surface area contributed by atoms with Crippen molar-refractivity contribution in [3.8, 4) is 11.3 Å². The van der Waals surface area contributed by atoms with E-state index in [1.54, 1.807) is 0 Å². The van der Waals surface area contributed by atoms with Gasteiger partial charge < -0.3 is 9.52 Å². The Morgan fingerprint density at radius 2 is 2.00 bits per heavy atom. The van der Waals surface area contributed by atoms with Gasteiger partial charge in [-0.2, -0.15) is 0 Å². The van der Waals surface area contributed by atoms with Gasteiger partial charge in [0.2, 0.25) is 5.89 Å². The molecule has 0 saturated heterocycles. The highest BCUT2D eigenvalue weighted by Crippen LogP contribution is 2.26. The van der Waals surface area contributed by atoms with Crippen molar-refractivity contribution in [2.24, 2.45) is 0 Å². The topological polar surface area (TPSA) is 49.5 Å². The summed E-state index contributed by atoms with van der Waals surface area (Å²) in [5.74, 6) is 1.41. The van der Waals surface area contributed by atoms with Crippen molar-refractivity contribution in [1.29, 1.82) is 0 Å². The molecule has 1 aromatic heterocycles. The van der Waals surface area contributed by atoms with Crippen LogP contribution in [0.1, 0.15) is 18.5 Å². The van der Waals surface area contributed by atoms with Crippen LogP contribution in [0.3, 0.4) is 0 Å². The number of likely N-dealkylation sites (N-methyl/N-ethyl adjacent to an activating group) is 1. The van der Waals surface area contributed by atoms with Gasteiger partial charge in [0.15, 0.2) is 5.76 Å². The highest BCUT2D eigenvalue weighted by Gasteiger charge is 2.15. The smallest absolute Gasteiger partial charge is 0.209 e. The number of oxazole rings is 1. The fraction of sp³-hybridized carbons (Fsp3) is 0.400. The number of halogens is 1. The summed E-state index contributed by atoms with van der Waals surface area (Å²) in [4.78, 5) is 6.44. The molecule has 108 valence electrons. The van der Waals surface area contributed by atoms with Gasteiger partial charge in [-0.3, -0.25) is 4.90 Å². The first-order valence-corrected chi connectivity index (χ1v) is 6.92. The average molecular weight is 295 g/mol. The molecular weight excluding hydrogens is 276 g/mol. The van der Waals surface area contributed by atoms with Gasteiger partial charge in [0.05, 0.1) is 18.8 Å². The molecule has 1 unspecified atom stereocenters. The molecular formula is C15H19ClN2O2. The average Bonchev–Trinajstić information content (AvgIpc) is 2.79. The van der Waals surface area contributed by atoms with Crippen molar-refractivity contribution < 1.29 is 9.52 Å². The van der Waals surface area contributed by atoms with Crippen LogP contribution in [0.4, 0.5) is 0 Å². The third-order valence-corrected chi connectivity index (χ3v) is 3.60. The molecule has 4 nitrogen and oxygen atoms in total. The van der Waals surface area contributed by atoms with E-state index in [9.17, 15) is 0 Å². The van der Waals surface area contributed by atoms with Crippen LogP contribution < -0.4 is 0 Å². The fourth-order valence-corrected chi connectivity index (χ4v) is 2.02. The largest absolute Gasteiger partial charge is 0.439 e. The molecule has 0 radical (unpaired) electrons. The van der Waals surface area contributed by atoms with E-state index in [0.717, 1.165) is 17.0 Å². The SMILES string of the molecule is Cc1nc(CN(C)C(C)CO)oc1-c1ccc(Cl)cc1. The molecule has 2 rings (SSSR count). The Morgan fingerprint density at radius 3 is 2.60 bits per heavy atom. The summed E-state index contributed by atoms with van der Waals surface area (Å²) in [7, 11) is 1.93. The summed E-state index contributed by atoms with van der Waals surface area (Å²) in [5.41, 5.74) is 1.82. The molecule has 0 fully saturated rings. The molecule has 0 aliphatic carbocycles. The van der Waals surface area contributed by atoms with Crippen LogP contribution in [-0.4, -0.2) is 34.7 Å². The number of benzene rings is 1. The standard InChI is InChI=1S/C15H19ClN2O2/c1-10(9-19)18(3)8-14-17-11(2)15(20-14)12-4-6-13(16)7-5-12/h4-7,10,19H,8-9H2,1-3H3. The molecule has 0 bridgehead atoms. The zero-order chi connectivity index (χ0) is 14.7. The lowest BCUT2D eigenvalue weighted by molar-refractivity contribution is 0.145. The minimum absolute atomic E-state index is 0.0705. The van der Waals surface area contributed by atoms with E-state index in [4.69, 9.17) is 21.1 Å². The minimum Gasteiger partial charge on any atom is -0.439 e. The predicted molar refractivity (Wildman–Crippen MR) is 79.7 cm³/mol. The van der Waals surface area contributed by atoms with E-state index in [1.165, 1.54) is 0 Å². The summed E-state index contributed by atoms with van der Waals surface area (Å²) in [6, 6.07) is 7.57. The number of aromatic nitrogens is 1.